The number of benzene rings is 2. The van der Waals surface area contributed by atoms with E-state index >= 15 is 0 Å². The highest BCUT2D eigenvalue weighted by molar-refractivity contribution is 6.34. The van der Waals surface area contributed by atoms with E-state index in [1.807, 2.05) is 0 Å². The first-order chi connectivity index (χ1) is 14.2. The topological polar surface area (TPSA) is 83.0 Å². The molecule has 0 saturated carbocycles. The van der Waals surface area contributed by atoms with Crippen molar-refractivity contribution in [3.05, 3.63) is 53.1 Å². The van der Waals surface area contributed by atoms with Crippen LogP contribution in [0.15, 0.2) is 47.5 Å². The van der Waals surface area contributed by atoms with Crippen LogP contribution in [0.4, 0.5) is 35.0 Å². The number of amidine groups is 1. The summed E-state index contributed by atoms with van der Waals surface area (Å²) in [5.41, 5.74) is 3.95. The molecule has 1 aliphatic heterocycles. The maximum absolute atomic E-state index is 13.3. The smallest absolute Gasteiger partial charge is 0.425 e. The summed E-state index contributed by atoms with van der Waals surface area (Å²) < 4.78 is 44.6. The van der Waals surface area contributed by atoms with Crippen molar-refractivity contribution in [2.24, 2.45) is 4.99 Å². The summed E-state index contributed by atoms with van der Waals surface area (Å²) in [5.74, 6) is -0.582. The number of hydrogen-bond donors (Lipinski definition) is 2. The van der Waals surface area contributed by atoms with E-state index in [0.29, 0.717) is 0 Å². The number of fused-ring (bicyclic) bond motifs is 1. The lowest BCUT2D eigenvalue weighted by Crippen LogP contribution is -2.43. The Kier molecular flexibility index (Phi) is 6.16. The molecule has 0 radical (unpaired) electrons. The summed E-state index contributed by atoms with van der Waals surface area (Å²) >= 11 is 6.20. The van der Waals surface area contributed by atoms with E-state index < -0.39 is 23.7 Å². The Morgan fingerprint density at radius 2 is 1.97 bits per heavy atom. The standard InChI is InChI=1S/C19H16ClF3N4O3/c1-2-30-18(29)26-25-16-10-17(28)27(14-6-4-3-5-12(14)20)15-9-11(19(21,22)23)7-8-13(15)24-16/h3-9H,2,10H2,1H3,(H,24,25)(H,26,29). The Hall–Kier alpha value is -3.27. The number of nitrogens with zero attached hydrogens (tertiary/aromatic N) is 2. The first-order valence-corrected chi connectivity index (χ1v) is 9.13. The van der Waals surface area contributed by atoms with Gasteiger partial charge in [0.15, 0.2) is 0 Å². The number of carbonyl (C=O) groups is 2. The van der Waals surface area contributed by atoms with Crippen LogP contribution in [0.5, 0.6) is 0 Å². The number of para-hydroxylation sites is 1. The van der Waals surface area contributed by atoms with Gasteiger partial charge in [-0.15, -0.1) is 0 Å². The van der Waals surface area contributed by atoms with Gasteiger partial charge in [0.05, 0.1) is 40.7 Å². The van der Waals surface area contributed by atoms with Crippen molar-refractivity contribution in [2.45, 2.75) is 19.5 Å². The molecular weight excluding hydrogens is 425 g/mol. The summed E-state index contributed by atoms with van der Waals surface area (Å²) in [6.45, 7) is 1.74. The molecule has 7 nitrogen and oxygen atoms in total. The number of halogens is 4. The molecule has 0 fully saturated rings. The molecule has 11 heteroatoms. The predicted octanol–water partition coefficient (Wildman–Crippen LogP) is 4.71. The number of ether oxygens (including phenoxy) is 1. The molecule has 158 valence electrons. The molecule has 0 spiro atoms. The number of aliphatic imine (C=N–C) groups is 1. The van der Waals surface area contributed by atoms with Gasteiger partial charge >= 0.3 is 12.3 Å². The highest BCUT2D eigenvalue weighted by atomic mass is 35.5. The number of hydrazine groups is 1. The second kappa shape index (κ2) is 8.62. The highest BCUT2D eigenvalue weighted by Gasteiger charge is 2.34. The minimum Gasteiger partial charge on any atom is -0.449 e. The number of rotatable bonds is 2. The highest BCUT2D eigenvalue weighted by Crippen LogP contribution is 2.42. The average molecular weight is 441 g/mol. The minimum atomic E-state index is -4.62. The summed E-state index contributed by atoms with van der Waals surface area (Å²) in [5, 5.41) is 0.176. The maximum Gasteiger partial charge on any atom is 0.425 e. The van der Waals surface area contributed by atoms with Gasteiger partial charge in [0.2, 0.25) is 5.91 Å². The molecule has 0 unspecified atom stereocenters. The molecule has 30 heavy (non-hydrogen) atoms. The minimum absolute atomic E-state index is 0.0172. The Balaban J connectivity index is 2.07. The summed E-state index contributed by atoms with van der Waals surface area (Å²) in [7, 11) is 0. The molecule has 1 aliphatic rings. The van der Waals surface area contributed by atoms with E-state index in [1.54, 1.807) is 19.1 Å². The van der Waals surface area contributed by atoms with Crippen LogP contribution in [0.1, 0.15) is 18.9 Å². The fraction of sp³-hybridized carbons (Fsp3) is 0.211. The van der Waals surface area contributed by atoms with Crippen molar-refractivity contribution < 1.29 is 27.5 Å². The van der Waals surface area contributed by atoms with Crippen molar-refractivity contribution in [1.82, 2.24) is 10.9 Å². The van der Waals surface area contributed by atoms with E-state index in [0.717, 1.165) is 23.1 Å². The SMILES string of the molecule is CCOC(=O)NNC1=Nc2ccc(C(F)(F)F)cc2N(c2ccccc2Cl)C(=O)C1. The molecule has 2 amide bonds. The Bertz CT molecular complexity index is 1010. The van der Waals surface area contributed by atoms with Crippen molar-refractivity contribution >= 4 is 46.5 Å². The summed E-state index contributed by atoms with van der Waals surface area (Å²) in [6.07, 6.45) is -5.76. The molecule has 1 heterocycles. The first kappa shape index (κ1) is 21.4. The number of carbonyl (C=O) groups excluding carboxylic acids is 2. The molecule has 0 aliphatic carbocycles. The van der Waals surface area contributed by atoms with Gasteiger partial charge in [0, 0.05) is 0 Å². The van der Waals surface area contributed by atoms with Gasteiger partial charge in [-0.3, -0.25) is 15.1 Å². The third-order valence-electron chi connectivity index (χ3n) is 4.04. The molecule has 0 saturated heterocycles. The summed E-state index contributed by atoms with van der Waals surface area (Å²) in [6, 6.07) is 9.11. The van der Waals surface area contributed by atoms with E-state index in [2.05, 4.69) is 15.8 Å². The number of amides is 2. The predicted molar refractivity (Wildman–Crippen MR) is 105 cm³/mol. The van der Waals surface area contributed by atoms with Crippen LogP contribution in [-0.2, 0) is 15.7 Å². The van der Waals surface area contributed by atoms with Crippen LogP contribution in [0.3, 0.4) is 0 Å². The second-order valence-electron chi connectivity index (χ2n) is 6.09. The van der Waals surface area contributed by atoms with Gasteiger partial charge in [-0.1, -0.05) is 23.7 Å². The maximum atomic E-state index is 13.3. The Morgan fingerprint density at radius 1 is 1.23 bits per heavy atom. The lowest BCUT2D eigenvalue weighted by molar-refractivity contribution is -0.137. The van der Waals surface area contributed by atoms with Crippen molar-refractivity contribution in [2.75, 3.05) is 11.5 Å². The van der Waals surface area contributed by atoms with Crippen LogP contribution in [0.25, 0.3) is 0 Å². The molecule has 2 aromatic carbocycles. The largest absolute Gasteiger partial charge is 0.449 e. The molecule has 3 rings (SSSR count). The van der Waals surface area contributed by atoms with Crippen LogP contribution in [-0.4, -0.2) is 24.4 Å². The van der Waals surface area contributed by atoms with Crippen LogP contribution < -0.4 is 15.8 Å². The van der Waals surface area contributed by atoms with E-state index in [1.165, 1.54) is 12.1 Å². The van der Waals surface area contributed by atoms with Crippen molar-refractivity contribution in [1.29, 1.82) is 0 Å². The molecule has 0 atom stereocenters. The van der Waals surface area contributed by atoms with Gasteiger partial charge in [0.25, 0.3) is 0 Å². The first-order valence-electron chi connectivity index (χ1n) is 8.75. The van der Waals surface area contributed by atoms with Crippen molar-refractivity contribution in [3.63, 3.8) is 0 Å². The zero-order valence-electron chi connectivity index (χ0n) is 15.6. The Morgan fingerprint density at radius 3 is 2.63 bits per heavy atom. The third-order valence-corrected chi connectivity index (χ3v) is 4.36. The van der Waals surface area contributed by atoms with E-state index in [4.69, 9.17) is 16.3 Å². The lowest BCUT2D eigenvalue weighted by Gasteiger charge is -2.24. The number of nitrogens with one attached hydrogen (secondary N) is 2. The van der Waals surface area contributed by atoms with Gasteiger partial charge in [-0.25, -0.2) is 15.2 Å². The van der Waals surface area contributed by atoms with Crippen LogP contribution >= 0.6 is 11.6 Å². The zero-order chi connectivity index (χ0) is 21.9. The van der Waals surface area contributed by atoms with Gasteiger partial charge < -0.3 is 4.74 Å². The molecule has 2 N–H and O–H groups in total. The van der Waals surface area contributed by atoms with E-state index in [-0.39, 0.29) is 40.9 Å². The average Bonchev–Trinajstić information content (AvgIpc) is 2.81. The fourth-order valence-corrected chi connectivity index (χ4v) is 2.99. The number of hydrogen-bond acceptors (Lipinski definition) is 5. The van der Waals surface area contributed by atoms with Gasteiger partial charge in [-0.2, -0.15) is 13.2 Å². The quantitative estimate of drug-likeness (QED) is 0.663. The third kappa shape index (κ3) is 4.65. The van der Waals surface area contributed by atoms with Gasteiger partial charge in [-0.05, 0) is 37.3 Å². The monoisotopic (exact) mass is 440 g/mol. The second-order valence-corrected chi connectivity index (χ2v) is 6.49. The normalized spacial score (nSPS) is 13.8. The van der Waals surface area contributed by atoms with Crippen molar-refractivity contribution in [3.8, 4) is 0 Å². The number of anilines is 2. The Labute approximate surface area is 174 Å². The summed E-state index contributed by atoms with van der Waals surface area (Å²) in [4.78, 5) is 29.8. The molecular formula is C19H16ClF3N4O3. The molecule has 0 aromatic heterocycles. The fourth-order valence-electron chi connectivity index (χ4n) is 2.77. The van der Waals surface area contributed by atoms with Crippen LogP contribution in [0.2, 0.25) is 5.02 Å². The number of alkyl halides is 3. The lowest BCUT2D eigenvalue weighted by atomic mass is 10.1. The molecule has 0 bridgehead atoms. The van der Waals surface area contributed by atoms with Gasteiger partial charge in [0.1, 0.15) is 5.84 Å². The zero-order valence-corrected chi connectivity index (χ0v) is 16.3. The van der Waals surface area contributed by atoms with Crippen LogP contribution in [0, 0.1) is 0 Å². The van der Waals surface area contributed by atoms with E-state index in [9.17, 15) is 22.8 Å². The molecule has 2 aromatic rings.